The number of hydrogen-bond acceptors (Lipinski definition) is 2. The van der Waals surface area contributed by atoms with Gasteiger partial charge in [0.1, 0.15) is 0 Å². The molecule has 0 aliphatic heterocycles. The Balaban J connectivity index is 1.80. The van der Waals surface area contributed by atoms with Gasteiger partial charge in [-0.15, -0.1) is 0 Å². The summed E-state index contributed by atoms with van der Waals surface area (Å²) in [6, 6.07) is 10.8. The molecule has 0 saturated heterocycles. The smallest absolute Gasteiger partial charge is 0.0950 e. The minimum Gasteiger partial charge on any atom is -0.472 e. The van der Waals surface area contributed by atoms with Gasteiger partial charge in [0.2, 0.25) is 0 Å². The van der Waals surface area contributed by atoms with E-state index in [0.29, 0.717) is 5.92 Å². The van der Waals surface area contributed by atoms with Gasteiger partial charge in [0.05, 0.1) is 12.5 Å². The van der Waals surface area contributed by atoms with Crippen LogP contribution in [0.2, 0.25) is 0 Å². The van der Waals surface area contributed by atoms with E-state index in [4.69, 9.17) is 10.2 Å². The third-order valence-electron chi connectivity index (χ3n) is 3.82. The lowest BCUT2D eigenvalue weighted by atomic mass is 9.79. The molecule has 1 aliphatic carbocycles. The first kappa shape index (κ1) is 10.6. The number of furan rings is 1. The standard InChI is InChI=1S/C15H17NO/c16-15(14-7-8-17-10-14)13-6-5-11-3-1-2-4-12(11)9-13/h1-4,7-8,10,13,15H,5-6,9,16H2. The Labute approximate surface area is 101 Å². The number of aryl methyl sites for hydroxylation is 1. The van der Waals surface area contributed by atoms with E-state index < -0.39 is 0 Å². The molecule has 2 atom stereocenters. The average Bonchev–Trinajstić information content (AvgIpc) is 2.91. The molecule has 17 heavy (non-hydrogen) atoms. The van der Waals surface area contributed by atoms with Gasteiger partial charge < -0.3 is 10.2 Å². The number of nitrogens with two attached hydrogens (primary N) is 1. The van der Waals surface area contributed by atoms with Crippen LogP contribution in [0.15, 0.2) is 47.3 Å². The zero-order valence-corrected chi connectivity index (χ0v) is 9.80. The van der Waals surface area contributed by atoms with Crippen LogP contribution >= 0.6 is 0 Å². The first-order valence-electron chi connectivity index (χ1n) is 6.19. The van der Waals surface area contributed by atoms with Crippen molar-refractivity contribution >= 4 is 0 Å². The van der Waals surface area contributed by atoms with Gasteiger partial charge in [0.15, 0.2) is 0 Å². The molecule has 1 aromatic carbocycles. The van der Waals surface area contributed by atoms with Crippen LogP contribution in [-0.2, 0) is 12.8 Å². The van der Waals surface area contributed by atoms with Crippen LogP contribution in [0.5, 0.6) is 0 Å². The van der Waals surface area contributed by atoms with Crippen molar-refractivity contribution in [3.05, 3.63) is 59.5 Å². The van der Waals surface area contributed by atoms with Crippen molar-refractivity contribution in [1.82, 2.24) is 0 Å². The second-order valence-corrected chi connectivity index (χ2v) is 4.85. The molecule has 88 valence electrons. The van der Waals surface area contributed by atoms with Crippen LogP contribution in [0.4, 0.5) is 0 Å². The molecule has 1 heterocycles. The fourth-order valence-electron chi connectivity index (χ4n) is 2.77. The van der Waals surface area contributed by atoms with Gasteiger partial charge >= 0.3 is 0 Å². The Morgan fingerprint density at radius 2 is 2.00 bits per heavy atom. The minimum atomic E-state index is 0.0992. The van der Waals surface area contributed by atoms with Crippen LogP contribution in [0, 0.1) is 5.92 Å². The quantitative estimate of drug-likeness (QED) is 0.856. The van der Waals surface area contributed by atoms with E-state index >= 15 is 0 Å². The molecule has 0 fully saturated rings. The van der Waals surface area contributed by atoms with E-state index in [1.807, 2.05) is 6.07 Å². The number of fused-ring (bicyclic) bond motifs is 1. The fraction of sp³-hybridized carbons (Fsp3) is 0.333. The van der Waals surface area contributed by atoms with E-state index in [0.717, 1.165) is 18.4 Å². The molecule has 2 unspecified atom stereocenters. The van der Waals surface area contributed by atoms with Crippen molar-refractivity contribution < 1.29 is 4.42 Å². The van der Waals surface area contributed by atoms with Crippen LogP contribution < -0.4 is 5.73 Å². The van der Waals surface area contributed by atoms with E-state index in [1.54, 1.807) is 12.5 Å². The fourth-order valence-corrected chi connectivity index (χ4v) is 2.77. The highest BCUT2D eigenvalue weighted by molar-refractivity contribution is 5.30. The summed E-state index contributed by atoms with van der Waals surface area (Å²) in [5.41, 5.74) is 10.4. The van der Waals surface area contributed by atoms with Crippen molar-refractivity contribution in [3.8, 4) is 0 Å². The predicted molar refractivity (Wildman–Crippen MR) is 67.6 cm³/mol. The van der Waals surface area contributed by atoms with Crippen molar-refractivity contribution in [1.29, 1.82) is 0 Å². The lowest BCUT2D eigenvalue weighted by Crippen LogP contribution is -2.26. The Hall–Kier alpha value is -1.54. The lowest BCUT2D eigenvalue weighted by Gasteiger charge is -2.28. The van der Waals surface area contributed by atoms with Crippen molar-refractivity contribution in [2.24, 2.45) is 11.7 Å². The van der Waals surface area contributed by atoms with Gasteiger partial charge in [-0.25, -0.2) is 0 Å². The van der Waals surface area contributed by atoms with Gasteiger partial charge in [-0.1, -0.05) is 24.3 Å². The summed E-state index contributed by atoms with van der Waals surface area (Å²) >= 11 is 0. The average molecular weight is 227 g/mol. The molecule has 2 heteroatoms. The highest BCUT2D eigenvalue weighted by Crippen LogP contribution is 2.32. The zero-order chi connectivity index (χ0) is 11.7. The molecule has 2 N–H and O–H groups in total. The maximum Gasteiger partial charge on any atom is 0.0950 e. The SMILES string of the molecule is NC(c1ccoc1)C1CCc2ccccc2C1. The molecule has 3 rings (SSSR count). The molecule has 0 bridgehead atoms. The van der Waals surface area contributed by atoms with Gasteiger partial charge in [-0.2, -0.15) is 0 Å². The summed E-state index contributed by atoms with van der Waals surface area (Å²) in [5, 5.41) is 0. The molecular formula is C15H17NO. The van der Waals surface area contributed by atoms with Crippen molar-refractivity contribution in [3.63, 3.8) is 0 Å². The molecule has 0 radical (unpaired) electrons. The van der Waals surface area contributed by atoms with Gasteiger partial charge in [0, 0.05) is 11.6 Å². The molecular weight excluding hydrogens is 210 g/mol. The van der Waals surface area contributed by atoms with E-state index in [1.165, 1.54) is 17.5 Å². The van der Waals surface area contributed by atoms with E-state index in [2.05, 4.69) is 24.3 Å². The summed E-state index contributed by atoms with van der Waals surface area (Å²) in [4.78, 5) is 0. The normalized spacial score (nSPS) is 20.9. The van der Waals surface area contributed by atoms with E-state index in [9.17, 15) is 0 Å². The maximum absolute atomic E-state index is 6.31. The number of rotatable bonds is 2. The largest absolute Gasteiger partial charge is 0.472 e. The van der Waals surface area contributed by atoms with Crippen LogP contribution in [-0.4, -0.2) is 0 Å². The molecule has 1 aromatic heterocycles. The summed E-state index contributed by atoms with van der Waals surface area (Å²) in [6.45, 7) is 0. The highest BCUT2D eigenvalue weighted by Gasteiger charge is 2.25. The lowest BCUT2D eigenvalue weighted by molar-refractivity contribution is 0.380. The molecule has 0 spiro atoms. The highest BCUT2D eigenvalue weighted by atomic mass is 16.3. The van der Waals surface area contributed by atoms with Gasteiger partial charge in [-0.3, -0.25) is 0 Å². The second-order valence-electron chi connectivity index (χ2n) is 4.85. The Kier molecular flexibility index (Phi) is 2.73. The zero-order valence-electron chi connectivity index (χ0n) is 9.80. The summed E-state index contributed by atoms with van der Waals surface area (Å²) in [6.07, 6.45) is 6.87. The van der Waals surface area contributed by atoms with Gasteiger partial charge in [0.25, 0.3) is 0 Å². The molecule has 0 saturated carbocycles. The molecule has 1 aliphatic rings. The van der Waals surface area contributed by atoms with Crippen molar-refractivity contribution in [2.75, 3.05) is 0 Å². The molecule has 2 nitrogen and oxygen atoms in total. The Morgan fingerprint density at radius 1 is 1.18 bits per heavy atom. The predicted octanol–water partition coefficient (Wildman–Crippen LogP) is 3.08. The first-order valence-corrected chi connectivity index (χ1v) is 6.19. The topological polar surface area (TPSA) is 39.2 Å². The third kappa shape index (κ3) is 2.01. The molecule has 2 aromatic rings. The Bertz CT molecular complexity index is 489. The number of hydrogen-bond donors (Lipinski definition) is 1. The first-order chi connectivity index (χ1) is 8.34. The number of benzene rings is 1. The summed E-state index contributed by atoms with van der Waals surface area (Å²) in [5.74, 6) is 0.530. The second kappa shape index (κ2) is 4.38. The Morgan fingerprint density at radius 3 is 2.76 bits per heavy atom. The van der Waals surface area contributed by atoms with Crippen LogP contribution in [0.25, 0.3) is 0 Å². The monoisotopic (exact) mass is 227 g/mol. The van der Waals surface area contributed by atoms with Crippen LogP contribution in [0.1, 0.15) is 29.2 Å². The summed E-state index contributed by atoms with van der Waals surface area (Å²) < 4.78 is 5.12. The molecule has 0 amide bonds. The van der Waals surface area contributed by atoms with E-state index in [-0.39, 0.29) is 6.04 Å². The third-order valence-corrected chi connectivity index (χ3v) is 3.82. The summed E-state index contributed by atoms with van der Waals surface area (Å²) in [7, 11) is 0. The van der Waals surface area contributed by atoms with Crippen molar-refractivity contribution in [2.45, 2.75) is 25.3 Å². The minimum absolute atomic E-state index is 0.0992. The van der Waals surface area contributed by atoms with Gasteiger partial charge in [-0.05, 0) is 42.4 Å². The maximum atomic E-state index is 6.31. The van der Waals surface area contributed by atoms with Crippen LogP contribution in [0.3, 0.4) is 0 Å².